The van der Waals surface area contributed by atoms with E-state index in [0.717, 1.165) is 23.6 Å². The Labute approximate surface area is 181 Å². The normalized spacial score (nSPS) is 13.7. The summed E-state index contributed by atoms with van der Waals surface area (Å²) in [4.78, 5) is 25.4. The minimum Gasteiger partial charge on any atom is -0.352 e. The molecule has 1 aliphatic rings. The third kappa shape index (κ3) is 5.11. The fourth-order valence-electron chi connectivity index (χ4n) is 3.42. The van der Waals surface area contributed by atoms with Crippen LogP contribution >= 0.6 is 0 Å². The summed E-state index contributed by atoms with van der Waals surface area (Å²) >= 11 is 0. The van der Waals surface area contributed by atoms with Crippen LogP contribution in [0.3, 0.4) is 0 Å². The monoisotopic (exact) mass is 436 g/mol. The fraction of sp³-hybridized carbons (Fsp3) is 0.250. The molecule has 0 atom stereocenters. The van der Waals surface area contributed by atoms with E-state index in [2.05, 4.69) is 10.6 Å². The van der Waals surface area contributed by atoms with Crippen molar-refractivity contribution in [3.63, 3.8) is 0 Å². The number of sulfone groups is 1. The van der Waals surface area contributed by atoms with Gasteiger partial charge in [-0.2, -0.15) is 0 Å². The van der Waals surface area contributed by atoms with Crippen LogP contribution in [-0.2, 0) is 14.6 Å². The van der Waals surface area contributed by atoms with Gasteiger partial charge in [-0.25, -0.2) is 8.42 Å². The average molecular weight is 437 g/mol. The Bertz CT molecular complexity index is 1220. The van der Waals surface area contributed by atoms with Crippen LogP contribution in [-0.4, -0.2) is 32.5 Å². The van der Waals surface area contributed by atoms with Crippen molar-refractivity contribution in [3.8, 4) is 0 Å². The van der Waals surface area contributed by atoms with Crippen molar-refractivity contribution in [1.82, 2.24) is 5.32 Å². The molecule has 1 saturated carbocycles. The molecule has 7 heteroatoms. The molecule has 1 aliphatic carbocycles. The summed E-state index contributed by atoms with van der Waals surface area (Å²) in [5.74, 6) is -0.446. The molecule has 2 N–H and O–H groups in total. The zero-order valence-electron chi connectivity index (χ0n) is 17.0. The molecule has 31 heavy (non-hydrogen) atoms. The van der Waals surface area contributed by atoms with E-state index in [0.29, 0.717) is 17.7 Å². The molecule has 4 rings (SSSR count). The Morgan fingerprint density at radius 1 is 0.903 bits per heavy atom. The second kappa shape index (κ2) is 8.89. The summed E-state index contributed by atoms with van der Waals surface area (Å²) in [6, 6.07) is 19.5. The van der Waals surface area contributed by atoms with E-state index in [9.17, 15) is 18.0 Å². The number of hydrogen-bond donors (Lipinski definition) is 2. The smallest absolute Gasteiger partial charge is 0.253 e. The number of amides is 2. The van der Waals surface area contributed by atoms with Gasteiger partial charge in [0, 0.05) is 12.5 Å². The van der Waals surface area contributed by atoms with Gasteiger partial charge in [0.25, 0.3) is 5.91 Å². The lowest BCUT2D eigenvalue weighted by atomic mass is 10.0. The highest BCUT2D eigenvalue weighted by atomic mass is 32.2. The second-order valence-corrected chi connectivity index (χ2v) is 9.86. The molecule has 0 unspecified atom stereocenters. The molecule has 0 spiro atoms. The van der Waals surface area contributed by atoms with Gasteiger partial charge in [0.2, 0.25) is 5.91 Å². The minimum atomic E-state index is -3.39. The molecule has 0 aromatic heterocycles. The molecule has 0 saturated heterocycles. The van der Waals surface area contributed by atoms with E-state index in [1.165, 1.54) is 0 Å². The van der Waals surface area contributed by atoms with Gasteiger partial charge in [0.1, 0.15) is 0 Å². The molecule has 0 bridgehead atoms. The second-order valence-electron chi connectivity index (χ2n) is 7.75. The summed E-state index contributed by atoms with van der Waals surface area (Å²) in [5, 5.41) is 7.50. The van der Waals surface area contributed by atoms with Gasteiger partial charge in [0.05, 0.1) is 21.9 Å². The van der Waals surface area contributed by atoms with Crippen molar-refractivity contribution in [3.05, 3.63) is 72.3 Å². The SMILES string of the molecule is O=C(NCCCS(=O)(=O)c1ccccc1)c1cc2ccccc2cc1NC(=O)C1CC1. The van der Waals surface area contributed by atoms with Crippen LogP contribution in [0.15, 0.2) is 71.6 Å². The molecule has 0 heterocycles. The fourth-order valence-corrected chi connectivity index (χ4v) is 4.75. The van der Waals surface area contributed by atoms with Crippen LogP contribution in [0, 0.1) is 5.92 Å². The summed E-state index contributed by atoms with van der Waals surface area (Å²) in [6.07, 6.45) is 2.04. The van der Waals surface area contributed by atoms with E-state index >= 15 is 0 Å². The summed E-state index contributed by atoms with van der Waals surface area (Å²) in [5.41, 5.74) is 0.851. The average Bonchev–Trinajstić information content (AvgIpc) is 3.62. The maximum atomic E-state index is 12.9. The maximum Gasteiger partial charge on any atom is 0.253 e. The van der Waals surface area contributed by atoms with Gasteiger partial charge in [-0.3, -0.25) is 9.59 Å². The number of rotatable bonds is 8. The van der Waals surface area contributed by atoms with Gasteiger partial charge >= 0.3 is 0 Å². The predicted octanol–water partition coefficient (Wildman–Crippen LogP) is 3.78. The quantitative estimate of drug-likeness (QED) is 0.526. The predicted molar refractivity (Wildman–Crippen MR) is 121 cm³/mol. The number of anilines is 1. The third-order valence-electron chi connectivity index (χ3n) is 5.31. The van der Waals surface area contributed by atoms with Crippen molar-refractivity contribution < 1.29 is 18.0 Å². The molecule has 3 aromatic carbocycles. The van der Waals surface area contributed by atoms with Crippen LogP contribution in [0.4, 0.5) is 5.69 Å². The lowest BCUT2D eigenvalue weighted by molar-refractivity contribution is -0.117. The van der Waals surface area contributed by atoms with E-state index in [1.807, 2.05) is 30.3 Å². The molecule has 2 amide bonds. The number of carbonyl (C=O) groups is 2. The Kier molecular flexibility index (Phi) is 6.04. The number of fused-ring (bicyclic) bond motifs is 1. The number of benzene rings is 3. The lowest BCUT2D eigenvalue weighted by Crippen LogP contribution is -2.27. The van der Waals surface area contributed by atoms with Crippen LogP contribution in [0.5, 0.6) is 0 Å². The van der Waals surface area contributed by atoms with Gasteiger partial charge < -0.3 is 10.6 Å². The van der Waals surface area contributed by atoms with Crippen LogP contribution in [0.25, 0.3) is 10.8 Å². The third-order valence-corrected chi connectivity index (χ3v) is 7.13. The first-order chi connectivity index (χ1) is 14.9. The minimum absolute atomic E-state index is 0.0191. The first kappa shape index (κ1) is 21.1. The van der Waals surface area contributed by atoms with Crippen molar-refractivity contribution in [2.24, 2.45) is 5.92 Å². The molecular weight excluding hydrogens is 412 g/mol. The molecule has 0 radical (unpaired) electrons. The summed E-state index contributed by atoms with van der Waals surface area (Å²) in [7, 11) is -3.39. The largest absolute Gasteiger partial charge is 0.352 e. The highest BCUT2D eigenvalue weighted by molar-refractivity contribution is 7.91. The van der Waals surface area contributed by atoms with E-state index in [4.69, 9.17) is 0 Å². The first-order valence-corrected chi connectivity index (χ1v) is 12.0. The van der Waals surface area contributed by atoms with Crippen molar-refractivity contribution in [2.45, 2.75) is 24.2 Å². The molecule has 6 nitrogen and oxygen atoms in total. The Hall–Kier alpha value is -3.19. The van der Waals surface area contributed by atoms with Gasteiger partial charge in [-0.1, -0.05) is 42.5 Å². The Balaban J connectivity index is 1.44. The van der Waals surface area contributed by atoms with Gasteiger partial charge in [-0.05, 0) is 54.3 Å². The first-order valence-electron chi connectivity index (χ1n) is 10.3. The van der Waals surface area contributed by atoms with Crippen molar-refractivity contribution in [2.75, 3.05) is 17.6 Å². The zero-order chi connectivity index (χ0) is 21.8. The van der Waals surface area contributed by atoms with E-state index < -0.39 is 9.84 Å². The number of nitrogens with one attached hydrogen (secondary N) is 2. The van der Waals surface area contributed by atoms with E-state index in [1.54, 1.807) is 36.4 Å². The van der Waals surface area contributed by atoms with Crippen molar-refractivity contribution >= 4 is 38.1 Å². The lowest BCUT2D eigenvalue weighted by Gasteiger charge is -2.13. The molecule has 0 aliphatic heterocycles. The Morgan fingerprint density at radius 3 is 2.23 bits per heavy atom. The highest BCUT2D eigenvalue weighted by Gasteiger charge is 2.30. The molecule has 1 fully saturated rings. The summed E-state index contributed by atoms with van der Waals surface area (Å²) in [6.45, 7) is 0.216. The van der Waals surface area contributed by atoms with Crippen LogP contribution < -0.4 is 10.6 Å². The number of carbonyl (C=O) groups excluding carboxylic acids is 2. The zero-order valence-corrected chi connectivity index (χ0v) is 17.8. The van der Waals surface area contributed by atoms with Crippen molar-refractivity contribution in [1.29, 1.82) is 0 Å². The van der Waals surface area contributed by atoms with Gasteiger partial charge in [0.15, 0.2) is 9.84 Å². The van der Waals surface area contributed by atoms with Crippen LogP contribution in [0.2, 0.25) is 0 Å². The summed E-state index contributed by atoms with van der Waals surface area (Å²) < 4.78 is 24.8. The molecule has 160 valence electrons. The Morgan fingerprint density at radius 2 is 1.55 bits per heavy atom. The van der Waals surface area contributed by atoms with Gasteiger partial charge in [-0.15, -0.1) is 0 Å². The maximum absolute atomic E-state index is 12.9. The number of hydrogen-bond acceptors (Lipinski definition) is 4. The standard InChI is InChI=1S/C24H24N2O4S/c27-23(17-11-12-17)26-22-16-19-8-5-4-7-18(19)15-21(22)24(28)25-13-6-14-31(29,30)20-9-2-1-3-10-20/h1-5,7-10,15-17H,6,11-14H2,(H,25,28)(H,26,27). The molecular formula is C24H24N2O4S. The van der Waals surface area contributed by atoms with E-state index in [-0.39, 0.29) is 34.9 Å². The topological polar surface area (TPSA) is 92.3 Å². The highest BCUT2D eigenvalue weighted by Crippen LogP contribution is 2.32. The van der Waals surface area contributed by atoms with Crippen LogP contribution in [0.1, 0.15) is 29.6 Å². The molecule has 3 aromatic rings.